The molecule has 56 heavy (non-hydrogen) atoms. The van der Waals surface area contributed by atoms with Gasteiger partial charge in [0.25, 0.3) is 5.91 Å². The number of nitrogens with one attached hydrogen (secondary N) is 1. The van der Waals surface area contributed by atoms with Crippen molar-refractivity contribution in [1.82, 2.24) is 9.96 Å². The fourth-order valence-electron chi connectivity index (χ4n) is 8.55. The summed E-state index contributed by atoms with van der Waals surface area (Å²) in [6.45, 7) is -0.103. The smallest absolute Gasteiger partial charge is 0.324 e. The molecule has 0 bridgehead atoms. The maximum atomic E-state index is 15.2. The van der Waals surface area contributed by atoms with Crippen molar-refractivity contribution in [2.45, 2.75) is 29.6 Å². The normalized spacial score (nSPS) is 23.7. The van der Waals surface area contributed by atoms with E-state index in [4.69, 9.17) is 14.3 Å². The van der Waals surface area contributed by atoms with Gasteiger partial charge in [0.15, 0.2) is 0 Å². The third kappa shape index (κ3) is 6.08. The lowest BCUT2D eigenvalue weighted by Crippen LogP contribution is -2.54. The number of carbonyl (C=O) groups excluding carboxylic acids is 3. The molecule has 2 N–H and O–H groups in total. The molecule has 1 spiro atoms. The van der Waals surface area contributed by atoms with Gasteiger partial charge in [-0.1, -0.05) is 96.8 Å². The van der Waals surface area contributed by atoms with E-state index in [-0.39, 0.29) is 18.8 Å². The van der Waals surface area contributed by atoms with Gasteiger partial charge in [-0.05, 0) is 64.7 Å². The average Bonchev–Trinajstić information content (AvgIpc) is 3.71. The van der Waals surface area contributed by atoms with Crippen molar-refractivity contribution in [2.24, 2.45) is 5.92 Å². The van der Waals surface area contributed by atoms with E-state index in [2.05, 4.69) is 17.2 Å². The van der Waals surface area contributed by atoms with Gasteiger partial charge in [0.1, 0.15) is 35.7 Å². The van der Waals surface area contributed by atoms with Gasteiger partial charge >= 0.3 is 5.97 Å². The third-order valence-electron chi connectivity index (χ3n) is 10.9. The summed E-state index contributed by atoms with van der Waals surface area (Å²) in [6, 6.07) is 34.6. The number of amides is 2. The molecular weight excluding hydrogens is 714 g/mol. The molecule has 2 amide bonds. The second-order valence-corrected chi connectivity index (χ2v) is 13.9. The van der Waals surface area contributed by atoms with Gasteiger partial charge < -0.3 is 19.9 Å². The second-order valence-electron chi connectivity index (χ2n) is 13.9. The molecule has 0 radical (unpaired) electrons. The summed E-state index contributed by atoms with van der Waals surface area (Å²) in [5.74, 6) is 2.83. The number of halogens is 1. The molecule has 6 atom stereocenters. The van der Waals surface area contributed by atoms with Crippen molar-refractivity contribution in [3.63, 3.8) is 0 Å². The Morgan fingerprint density at radius 3 is 2.23 bits per heavy atom. The summed E-state index contributed by atoms with van der Waals surface area (Å²) in [6.07, 6.45) is -0.829. The Balaban J connectivity index is 1.42. The van der Waals surface area contributed by atoms with E-state index in [9.17, 15) is 19.1 Å². The van der Waals surface area contributed by atoms with Crippen LogP contribution in [0.5, 0.6) is 5.75 Å². The van der Waals surface area contributed by atoms with Crippen LogP contribution in [-0.4, -0.2) is 66.3 Å². The average molecular weight is 752 g/mol. The number of hydrogen-bond acceptors (Lipinski definition) is 8. The number of nitrogens with zero attached hydrogens (tertiary/aromatic N) is 2. The highest BCUT2D eigenvalue weighted by molar-refractivity contribution is 6.12. The van der Waals surface area contributed by atoms with Gasteiger partial charge in [-0.2, -0.15) is 0 Å². The maximum Gasteiger partial charge on any atom is 0.324 e. The van der Waals surface area contributed by atoms with Crippen molar-refractivity contribution >= 4 is 23.5 Å². The number of esters is 1. The molecular formula is C45H38FN3O7. The van der Waals surface area contributed by atoms with Crippen molar-refractivity contribution < 1.29 is 38.2 Å². The lowest BCUT2D eigenvalue weighted by atomic mass is 9.65. The molecule has 3 heterocycles. The number of carbonyl (C=O) groups is 3. The number of cyclic esters (lactones) is 1. The van der Waals surface area contributed by atoms with Crippen LogP contribution in [0.1, 0.15) is 51.6 Å². The summed E-state index contributed by atoms with van der Waals surface area (Å²) in [5.41, 5.74) is 1.96. The molecule has 0 saturated carbocycles. The summed E-state index contributed by atoms with van der Waals surface area (Å²) in [7, 11) is 2.79. The summed E-state index contributed by atoms with van der Waals surface area (Å²) in [5, 5.41) is 13.5. The van der Waals surface area contributed by atoms with E-state index in [1.54, 1.807) is 48.5 Å². The number of aliphatic hydroxyl groups excluding tert-OH is 1. The minimum Gasteiger partial charge on any atom is -0.491 e. The van der Waals surface area contributed by atoms with Crippen LogP contribution in [0.25, 0.3) is 0 Å². The molecule has 282 valence electrons. The molecule has 10 nitrogen and oxygen atoms in total. The summed E-state index contributed by atoms with van der Waals surface area (Å²) >= 11 is 0. The van der Waals surface area contributed by atoms with Crippen LogP contribution >= 0.6 is 0 Å². The zero-order chi connectivity index (χ0) is 39.0. The Morgan fingerprint density at radius 1 is 0.875 bits per heavy atom. The zero-order valence-corrected chi connectivity index (χ0v) is 30.6. The molecule has 2 saturated heterocycles. The highest BCUT2D eigenvalue weighted by atomic mass is 19.1. The van der Waals surface area contributed by atoms with Gasteiger partial charge in [0.2, 0.25) is 5.91 Å². The van der Waals surface area contributed by atoms with Crippen molar-refractivity contribution in [1.29, 1.82) is 0 Å². The lowest BCUT2D eigenvalue weighted by Gasteiger charge is -2.46. The minimum absolute atomic E-state index is 0.0774. The Kier molecular flexibility index (Phi) is 9.87. The van der Waals surface area contributed by atoms with Crippen molar-refractivity contribution in [2.75, 3.05) is 32.7 Å². The standard InChI is InChI=1S/C45H38FN3O7/c1-48(54-2)42(51)37-39-43(52)56-40(31-14-7-4-8-15-31)38(30-12-5-3-6-13-30)49(39)41(32-20-22-33(23-21-32)55-26-25-50)45(37)34-27-28(18-24-36(34)47-44(45)53)17-19-29-11-9-10-16-35(29)46/h3-16,18,20-24,27,37-41,50H,25-26H2,1-2H3,(H,47,53)/t37-,38-,39?,40+,41+,45-/m1/s1. The van der Waals surface area contributed by atoms with Crippen LogP contribution in [0.3, 0.4) is 0 Å². The number of ether oxygens (including phenoxy) is 2. The minimum atomic E-state index is -1.76. The first-order valence-corrected chi connectivity index (χ1v) is 18.2. The molecule has 0 aromatic heterocycles. The van der Waals surface area contributed by atoms with Crippen LogP contribution < -0.4 is 10.1 Å². The van der Waals surface area contributed by atoms with Crippen LogP contribution in [0.2, 0.25) is 0 Å². The summed E-state index contributed by atoms with van der Waals surface area (Å²) < 4.78 is 26.8. The van der Waals surface area contributed by atoms with Crippen LogP contribution in [0.15, 0.2) is 127 Å². The molecule has 5 aromatic rings. The maximum absolute atomic E-state index is 15.2. The fourth-order valence-corrected chi connectivity index (χ4v) is 8.55. The fraction of sp³-hybridized carbons (Fsp3) is 0.222. The predicted molar refractivity (Wildman–Crippen MR) is 204 cm³/mol. The van der Waals surface area contributed by atoms with E-state index in [0.717, 1.165) is 16.2 Å². The van der Waals surface area contributed by atoms with Crippen LogP contribution in [0.4, 0.5) is 10.1 Å². The van der Waals surface area contributed by atoms with Gasteiger partial charge in [0.05, 0.1) is 37.3 Å². The lowest BCUT2D eigenvalue weighted by molar-refractivity contribution is -0.187. The molecule has 3 aliphatic heterocycles. The Hall–Kier alpha value is -6.32. The number of benzene rings is 5. The number of hydrogen-bond donors (Lipinski definition) is 2. The molecule has 11 heteroatoms. The number of morpholine rings is 1. The predicted octanol–water partition coefficient (Wildman–Crippen LogP) is 5.89. The van der Waals surface area contributed by atoms with Crippen molar-refractivity contribution in [3.05, 3.63) is 167 Å². The third-order valence-corrected chi connectivity index (χ3v) is 10.9. The number of hydroxylamine groups is 2. The Bertz CT molecular complexity index is 2350. The topological polar surface area (TPSA) is 118 Å². The Morgan fingerprint density at radius 2 is 1.55 bits per heavy atom. The number of aliphatic hydroxyl groups is 1. The number of fused-ring (bicyclic) bond motifs is 3. The van der Waals surface area contributed by atoms with Gasteiger partial charge in [-0.25, -0.2) is 9.45 Å². The first-order chi connectivity index (χ1) is 27.3. The SMILES string of the molecule is CON(C)C(=O)[C@H]1C2C(=O)O[C@@H](c3ccccc3)[C@@H](c3ccccc3)N2[C@@H](c2ccc(OCCO)cc2)[C@]12C(=O)Nc1ccc(C#Cc3ccccc3F)cc12. The molecule has 5 aromatic carbocycles. The number of rotatable bonds is 8. The zero-order valence-electron chi connectivity index (χ0n) is 30.6. The first kappa shape index (κ1) is 36.6. The largest absolute Gasteiger partial charge is 0.491 e. The van der Waals surface area contributed by atoms with Gasteiger partial charge in [-0.15, -0.1) is 0 Å². The van der Waals surface area contributed by atoms with Crippen molar-refractivity contribution in [3.8, 4) is 17.6 Å². The van der Waals surface area contributed by atoms with Gasteiger partial charge in [0, 0.05) is 18.3 Å². The van der Waals surface area contributed by atoms with Crippen LogP contribution in [0, 0.1) is 23.6 Å². The first-order valence-electron chi connectivity index (χ1n) is 18.2. The van der Waals surface area contributed by atoms with E-state index in [1.807, 2.05) is 77.7 Å². The van der Waals surface area contributed by atoms with E-state index in [1.165, 1.54) is 20.2 Å². The highest BCUT2D eigenvalue weighted by Crippen LogP contribution is 2.65. The molecule has 2 fully saturated rings. The molecule has 1 unspecified atom stereocenters. The molecule has 0 aliphatic carbocycles. The number of anilines is 1. The van der Waals surface area contributed by atoms with Gasteiger partial charge in [-0.3, -0.25) is 24.1 Å². The van der Waals surface area contributed by atoms with E-state index < -0.39 is 59.2 Å². The van der Waals surface area contributed by atoms with E-state index in [0.29, 0.717) is 28.1 Å². The quantitative estimate of drug-likeness (QED) is 0.115. The highest BCUT2D eigenvalue weighted by Gasteiger charge is 2.74. The monoisotopic (exact) mass is 751 g/mol. The molecule has 8 rings (SSSR count). The summed E-state index contributed by atoms with van der Waals surface area (Å²) in [4.78, 5) is 52.4. The van der Waals surface area contributed by atoms with E-state index >= 15 is 4.79 Å². The molecule has 3 aliphatic rings. The second kappa shape index (κ2) is 15.1. The Labute approximate surface area is 323 Å². The van der Waals surface area contributed by atoms with Crippen LogP contribution in [-0.2, 0) is 29.4 Å².